The van der Waals surface area contributed by atoms with Gasteiger partial charge < -0.3 is 15.4 Å². The standard InChI is InChI=1S/C21H32FN3O/c1-23-19(24-15-20(9-3-10-20)13-14-26-2)25-16-21(11-4-12-21)17-5-7-18(22)8-6-17/h5-8H,3-4,9-16H2,1-2H3,(H2,23,24,25). The molecule has 0 aliphatic heterocycles. The molecule has 2 fully saturated rings. The van der Waals surface area contributed by atoms with E-state index in [0.717, 1.165) is 44.9 Å². The lowest BCUT2D eigenvalue weighted by atomic mass is 9.64. The number of ether oxygens (including phenoxy) is 1. The first kappa shape index (κ1) is 19.2. The Kier molecular flexibility index (Phi) is 6.17. The largest absolute Gasteiger partial charge is 0.385 e. The molecule has 3 rings (SSSR count). The van der Waals surface area contributed by atoms with E-state index in [1.807, 2.05) is 19.2 Å². The fourth-order valence-corrected chi connectivity index (χ4v) is 4.23. The van der Waals surface area contributed by atoms with Crippen LogP contribution in [0.15, 0.2) is 29.3 Å². The van der Waals surface area contributed by atoms with Gasteiger partial charge in [0, 0.05) is 39.3 Å². The van der Waals surface area contributed by atoms with Crippen molar-refractivity contribution in [2.75, 3.05) is 33.9 Å². The lowest BCUT2D eigenvalue weighted by Crippen LogP contribution is -2.51. The number of rotatable bonds is 8. The van der Waals surface area contributed by atoms with Crippen LogP contribution < -0.4 is 10.6 Å². The van der Waals surface area contributed by atoms with E-state index < -0.39 is 0 Å². The van der Waals surface area contributed by atoms with Crippen molar-refractivity contribution in [1.82, 2.24) is 10.6 Å². The normalized spacial score (nSPS) is 20.8. The van der Waals surface area contributed by atoms with Crippen molar-refractivity contribution in [3.63, 3.8) is 0 Å². The molecule has 0 heterocycles. The van der Waals surface area contributed by atoms with Gasteiger partial charge in [-0.2, -0.15) is 0 Å². The second-order valence-corrected chi connectivity index (χ2v) is 8.02. The molecule has 2 aliphatic carbocycles. The van der Waals surface area contributed by atoms with Crippen LogP contribution >= 0.6 is 0 Å². The Bertz CT molecular complexity index is 606. The summed E-state index contributed by atoms with van der Waals surface area (Å²) in [5.41, 5.74) is 1.69. The predicted molar refractivity (Wildman–Crippen MR) is 104 cm³/mol. The van der Waals surface area contributed by atoms with Gasteiger partial charge in [-0.1, -0.05) is 25.0 Å². The van der Waals surface area contributed by atoms with Crippen molar-refractivity contribution in [3.05, 3.63) is 35.6 Å². The van der Waals surface area contributed by atoms with Crippen LogP contribution in [0.3, 0.4) is 0 Å². The minimum atomic E-state index is -0.171. The van der Waals surface area contributed by atoms with Gasteiger partial charge in [0.2, 0.25) is 0 Å². The fraction of sp³-hybridized carbons (Fsp3) is 0.667. The van der Waals surface area contributed by atoms with E-state index >= 15 is 0 Å². The maximum absolute atomic E-state index is 13.3. The van der Waals surface area contributed by atoms with Crippen molar-refractivity contribution in [3.8, 4) is 0 Å². The maximum Gasteiger partial charge on any atom is 0.191 e. The number of nitrogens with zero attached hydrogens (tertiary/aromatic N) is 1. The van der Waals surface area contributed by atoms with Gasteiger partial charge in [0.25, 0.3) is 0 Å². The maximum atomic E-state index is 13.3. The van der Waals surface area contributed by atoms with E-state index in [2.05, 4.69) is 15.6 Å². The van der Waals surface area contributed by atoms with Crippen LogP contribution in [0.4, 0.5) is 4.39 Å². The number of guanidine groups is 1. The molecule has 0 saturated heterocycles. The number of aliphatic imine (C=N–C) groups is 1. The zero-order valence-electron chi connectivity index (χ0n) is 16.1. The predicted octanol–water partition coefficient (Wildman–Crippen LogP) is 3.62. The molecule has 0 aromatic heterocycles. The molecule has 1 aromatic rings. The summed E-state index contributed by atoms with van der Waals surface area (Å²) in [4.78, 5) is 4.40. The van der Waals surface area contributed by atoms with Crippen molar-refractivity contribution in [1.29, 1.82) is 0 Å². The summed E-state index contributed by atoms with van der Waals surface area (Å²) in [6.07, 6.45) is 8.45. The molecule has 0 spiro atoms. The average molecular weight is 362 g/mol. The lowest BCUT2D eigenvalue weighted by molar-refractivity contribution is 0.0732. The molecule has 1 aromatic carbocycles. The van der Waals surface area contributed by atoms with Gasteiger partial charge in [0.1, 0.15) is 5.82 Å². The minimum absolute atomic E-state index is 0.107. The van der Waals surface area contributed by atoms with Gasteiger partial charge in [-0.3, -0.25) is 4.99 Å². The summed E-state index contributed by atoms with van der Waals surface area (Å²) in [6.45, 7) is 2.60. The highest BCUT2D eigenvalue weighted by molar-refractivity contribution is 5.79. The highest BCUT2D eigenvalue weighted by Crippen LogP contribution is 2.44. The summed E-state index contributed by atoms with van der Waals surface area (Å²) in [5.74, 6) is 0.692. The molecule has 2 N–H and O–H groups in total. The van der Waals surface area contributed by atoms with Gasteiger partial charge >= 0.3 is 0 Å². The van der Waals surface area contributed by atoms with Gasteiger partial charge in [-0.25, -0.2) is 4.39 Å². The van der Waals surface area contributed by atoms with Crippen LogP contribution in [-0.4, -0.2) is 39.8 Å². The molecule has 0 unspecified atom stereocenters. The Labute approximate surface area is 156 Å². The number of halogens is 1. The quantitative estimate of drug-likeness (QED) is 0.549. The summed E-state index contributed by atoms with van der Waals surface area (Å²) in [5, 5.41) is 7.04. The van der Waals surface area contributed by atoms with Crippen LogP contribution in [0.1, 0.15) is 50.5 Å². The Morgan fingerprint density at radius 2 is 1.73 bits per heavy atom. The zero-order chi connectivity index (χ0) is 18.5. The van der Waals surface area contributed by atoms with Crippen LogP contribution in [0.25, 0.3) is 0 Å². The van der Waals surface area contributed by atoms with E-state index in [9.17, 15) is 4.39 Å². The third kappa shape index (κ3) is 4.20. The first-order valence-electron chi connectivity index (χ1n) is 9.81. The number of methoxy groups -OCH3 is 1. The lowest BCUT2D eigenvalue weighted by Gasteiger charge is -2.44. The molecule has 0 radical (unpaired) electrons. The molecule has 0 bridgehead atoms. The molecular formula is C21H32FN3O. The van der Waals surface area contributed by atoms with Crippen molar-refractivity contribution >= 4 is 5.96 Å². The molecule has 4 nitrogen and oxygen atoms in total. The minimum Gasteiger partial charge on any atom is -0.385 e. The first-order valence-corrected chi connectivity index (χ1v) is 9.81. The van der Waals surface area contributed by atoms with Crippen LogP contribution in [0.2, 0.25) is 0 Å². The van der Waals surface area contributed by atoms with E-state index in [4.69, 9.17) is 4.74 Å². The fourth-order valence-electron chi connectivity index (χ4n) is 4.23. The summed E-state index contributed by atoms with van der Waals surface area (Å²) < 4.78 is 18.5. The third-order valence-electron chi connectivity index (χ3n) is 6.47. The number of nitrogens with one attached hydrogen (secondary N) is 2. The summed E-state index contributed by atoms with van der Waals surface area (Å²) >= 11 is 0. The molecule has 0 amide bonds. The van der Waals surface area contributed by atoms with Gasteiger partial charge in [0.05, 0.1) is 0 Å². The second-order valence-electron chi connectivity index (χ2n) is 8.02. The summed E-state index contributed by atoms with van der Waals surface area (Å²) in [6, 6.07) is 7.00. The molecule has 144 valence electrons. The Balaban J connectivity index is 1.54. The molecular weight excluding hydrogens is 329 g/mol. The topological polar surface area (TPSA) is 45.7 Å². The second kappa shape index (κ2) is 8.38. The molecule has 0 atom stereocenters. The van der Waals surface area contributed by atoms with Gasteiger partial charge in [-0.05, 0) is 55.2 Å². The van der Waals surface area contributed by atoms with E-state index in [0.29, 0.717) is 5.41 Å². The smallest absolute Gasteiger partial charge is 0.191 e. The Morgan fingerprint density at radius 3 is 2.23 bits per heavy atom. The number of benzene rings is 1. The Morgan fingerprint density at radius 1 is 1.08 bits per heavy atom. The van der Waals surface area contributed by atoms with Crippen molar-refractivity contribution in [2.24, 2.45) is 10.4 Å². The Hall–Kier alpha value is -1.62. The van der Waals surface area contributed by atoms with Gasteiger partial charge in [0.15, 0.2) is 5.96 Å². The molecule has 5 heteroatoms. The van der Waals surface area contributed by atoms with E-state index in [1.54, 1.807) is 19.2 Å². The SMILES string of the molecule is CN=C(NCC1(CCOC)CCC1)NCC1(c2ccc(F)cc2)CCC1. The molecule has 26 heavy (non-hydrogen) atoms. The van der Waals surface area contributed by atoms with Crippen LogP contribution in [-0.2, 0) is 10.2 Å². The number of hydrogen-bond donors (Lipinski definition) is 2. The van der Waals surface area contributed by atoms with Crippen LogP contribution in [0, 0.1) is 11.2 Å². The monoisotopic (exact) mass is 361 g/mol. The average Bonchev–Trinajstić information content (AvgIpc) is 2.59. The third-order valence-corrected chi connectivity index (χ3v) is 6.47. The van der Waals surface area contributed by atoms with E-state index in [1.165, 1.54) is 31.2 Å². The molecule has 2 aliphatic rings. The van der Waals surface area contributed by atoms with Crippen molar-refractivity contribution < 1.29 is 9.13 Å². The summed E-state index contributed by atoms with van der Waals surface area (Å²) in [7, 11) is 3.59. The molecule has 2 saturated carbocycles. The van der Waals surface area contributed by atoms with Crippen molar-refractivity contribution in [2.45, 2.75) is 50.4 Å². The van der Waals surface area contributed by atoms with Crippen LogP contribution in [0.5, 0.6) is 0 Å². The first-order chi connectivity index (χ1) is 12.6. The highest BCUT2D eigenvalue weighted by Gasteiger charge is 2.39. The van der Waals surface area contributed by atoms with E-state index in [-0.39, 0.29) is 11.2 Å². The van der Waals surface area contributed by atoms with Gasteiger partial charge in [-0.15, -0.1) is 0 Å². The number of hydrogen-bond acceptors (Lipinski definition) is 2. The zero-order valence-corrected chi connectivity index (χ0v) is 16.1. The highest BCUT2D eigenvalue weighted by atomic mass is 19.1.